The summed E-state index contributed by atoms with van der Waals surface area (Å²) in [4.78, 5) is 105. The van der Waals surface area contributed by atoms with E-state index in [0.717, 1.165) is 0 Å². The van der Waals surface area contributed by atoms with Gasteiger partial charge < -0.3 is 61.6 Å². The first-order chi connectivity index (χ1) is 24.0. The van der Waals surface area contributed by atoms with Crippen LogP contribution >= 0.6 is 7.60 Å². The van der Waals surface area contributed by atoms with Crippen LogP contribution in [0.4, 0.5) is 0 Å². The van der Waals surface area contributed by atoms with Crippen LogP contribution in [0.5, 0.6) is 0 Å². The summed E-state index contributed by atoms with van der Waals surface area (Å²) in [7, 11) is -4.60. The molecule has 0 radical (unpaired) electrons. The molecule has 1 aromatic rings. The van der Waals surface area contributed by atoms with Crippen LogP contribution in [0.15, 0.2) is 12.5 Å². The lowest BCUT2D eigenvalue weighted by molar-refractivity contribution is -0.140. The lowest BCUT2D eigenvalue weighted by atomic mass is 10.0. The maximum absolute atomic E-state index is 13.7. The van der Waals surface area contributed by atoms with Crippen molar-refractivity contribution in [1.82, 2.24) is 36.1 Å². The minimum atomic E-state index is -4.60. The van der Waals surface area contributed by atoms with Crippen LogP contribution in [0.2, 0.25) is 0 Å². The Labute approximate surface area is 295 Å². The van der Waals surface area contributed by atoms with E-state index in [-0.39, 0.29) is 50.9 Å². The van der Waals surface area contributed by atoms with E-state index in [2.05, 4.69) is 31.2 Å². The van der Waals surface area contributed by atoms with E-state index in [1.54, 1.807) is 0 Å². The van der Waals surface area contributed by atoms with Crippen molar-refractivity contribution in [1.29, 1.82) is 0 Å². The summed E-state index contributed by atoms with van der Waals surface area (Å²) in [5.41, 5.74) is 5.75. The van der Waals surface area contributed by atoms with Crippen molar-refractivity contribution >= 4 is 43.0 Å². The molecule has 2 rings (SSSR count). The van der Waals surface area contributed by atoms with Crippen LogP contribution in [-0.2, 0) is 44.5 Å². The van der Waals surface area contributed by atoms with Gasteiger partial charge >= 0.3 is 7.60 Å². The molecule has 0 saturated carbocycles. The summed E-state index contributed by atoms with van der Waals surface area (Å²) in [6, 6.07) is -6.57. The van der Waals surface area contributed by atoms with Crippen molar-refractivity contribution in [3.05, 3.63) is 18.2 Å². The van der Waals surface area contributed by atoms with Gasteiger partial charge in [0, 0.05) is 24.9 Å². The molecule has 1 saturated heterocycles. The molecule has 0 spiro atoms. The van der Waals surface area contributed by atoms with E-state index < -0.39 is 86.0 Å². The minimum Gasteiger partial charge on any atom is -0.394 e. The second kappa shape index (κ2) is 20.8. The number of ether oxygens (including phenoxy) is 1. The van der Waals surface area contributed by atoms with Crippen LogP contribution in [0.1, 0.15) is 52.1 Å². The number of nitrogens with two attached hydrogens (primary N) is 1. The van der Waals surface area contributed by atoms with Crippen molar-refractivity contribution in [3.8, 4) is 0 Å². The number of carbonyl (C=O) groups is 6. The van der Waals surface area contributed by atoms with Gasteiger partial charge in [0.1, 0.15) is 30.2 Å². The van der Waals surface area contributed by atoms with Crippen LogP contribution in [0, 0.1) is 11.8 Å². The quantitative estimate of drug-likeness (QED) is 0.0410. The summed E-state index contributed by atoms with van der Waals surface area (Å²) in [5, 5.41) is 28.7. The number of amides is 6. The predicted molar refractivity (Wildman–Crippen MR) is 179 cm³/mol. The van der Waals surface area contributed by atoms with E-state index in [9.17, 15) is 48.2 Å². The normalized spacial score (nSPS) is 17.6. The first-order valence-electron chi connectivity index (χ1n) is 16.6. The number of hydrogen-bond acceptors (Lipinski definition) is 11. The van der Waals surface area contributed by atoms with Crippen molar-refractivity contribution in [2.75, 3.05) is 39.1 Å². The van der Waals surface area contributed by atoms with Crippen LogP contribution in [-0.4, -0.2) is 140 Å². The number of primary amides is 1. The number of hydrogen-bond donors (Lipinski definition) is 10. The third kappa shape index (κ3) is 14.7. The maximum Gasteiger partial charge on any atom is 0.325 e. The highest BCUT2D eigenvalue weighted by Crippen LogP contribution is 2.37. The fourth-order valence-corrected chi connectivity index (χ4v) is 6.53. The lowest BCUT2D eigenvalue weighted by Crippen LogP contribution is -2.60. The summed E-state index contributed by atoms with van der Waals surface area (Å²) in [6.45, 7) is 4.26. The van der Waals surface area contributed by atoms with E-state index in [0.29, 0.717) is 25.1 Å². The molecule has 0 unspecified atom stereocenters. The number of imidazole rings is 1. The average molecular weight is 747 g/mol. The number of aliphatic hydroxyl groups excluding tert-OH is 2. The molecule has 1 aliphatic heterocycles. The largest absolute Gasteiger partial charge is 0.394 e. The van der Waals surface area contributed by atoms with Gasteiger partial charge in [-0.3, -0.25) is 33.3 Å². The Kier molecular flexibility index (Phi) is 17.6. The zero-order chi connectivity index (χ0) is 38.3. The smallest absolute Gasteiger partial charge is 0.325 e. The van der Waals surface area contributed by atoms with Gasteiger partial charge in [0.2, 0.25) is 35.4 Å². The molecule has 1 aliphatic rings. The Balaban J connectivity index is 2.21. The van der Waals surface area contributed by atoms with Crippen LogP contribution in [0.3, 0.4) is 0 Å². The molecule has 21 heteroatoms. The Bertz CT molecular complexity index is 1370. The third-order valence-corrected chi connectivity index (χ3v) is 9.09. The summed E-state index contributed by atoms with van der Waals surface area (Å²) in [6.07, 6.45) is 2.91. The Morgan fingerprint density at radius 2 is 1.65 bits per heavy atom. The number of aliphatic hydroxyl groups is 2. The van der Waals surface area contributed by atoms with E-state index in [4.69, 9.17) is 15.6 Å². The Morgan fingerprint density at radius 3 is 2.22 bits per heavy atom. The molecular formula is C30H51N8O12P. The van der Waals surface area contributed by atoms with E-state index in [1.807, 2.05) is 13.8 Å². The number of carbonyl (C=O) groups excluding carboxylic acids is 6. The molecule has 1 aromatic heterocycles. The molecule has 1 fully saturated rings. The molecule has 11 N–H and O–H groups in total. The fourth-order valence-electron chi connectivity index (χ4n) is 5.57. The molecule has 0 aliphatic carbocycles. The molecule has 0 bridgehead atoms. The Hall–Kier alpha value is -3.94. The van der Waals surface area contributed by atoms with Gasteiger partial charge in [-0.05, 0) is 31.1 Å². The molecule has 20 nitrogen and oxygen atoms in total. The van der Waals surface area contributed by atoms with Crippen molar-refractivity contribution in [2.45, 2.75) is 83.1 Å². The predicted octanol–water partition coefficient (Wildman–Crippen LogP) is -3.38. The highest BCUT2D eigenvalue weighted by atomic mass is 31.2. The number of aromatic nitrogens is 2. The molecule has 0 aromatic carbocycles. The standard InChI is InChI=1S/C30H51N8O12P/c1-17(2)11-20(35-30(46)23-5-4-7-38(23)24(41)6-9-50-10-8-39)27(43)34-21(12-19-13-32-16-33-19)28(44)36-22(14-40)29(45)37-25(26(31)42)18(3)15-51(47,48)49/h13,16-18,20-23,25,39-40H,4-12,14-15H2,1-3H3,(H2,31,42)(H,32,33)(H,34,43)(H,35,46)(H,36,44)(H,37,45)(H2,47,48,49)/t18-,20-,21-,22-,23-,25-/m0/s1. The first-order valence-corrected chi connectivity index (χ1v) is 18.4. The van der Waals surface area contributed by atoms with Gasteiger partial charge in [0.15, 0.2) is 0 Å². The second-order valence-electron chi connectivity index (χ2n) is 12.8. The molecule has 51 heavy (non-hydrogen) atoms. The summed E-state index contributed by atoms with van der Waals surface area (Å²) >= 11 is 0. The average Bonchev–Trinajstić information content (AvgIpc) is 3.75. The minimum absolute atomic E-state index is 0.00650. The summed E-state index contributed by atoms with van der Waals surface area (Å²) in [5.74, 6) is -5.94. The second-order valence-corrected chi connectivity index (χ2v) is 14.5. The molecule has 288 valence electrons. The Morgan fingerprint density at radius 1 is 1.00 bits per heavy atom. The molecule has 2 heterocycles. The maximum atomic E-state index is 13.7. The van der Waals surface area contributed by atoms with Gasteiger partial charge in [-0.2, -0.15) is 0 Å². The van der Waals surface area contributed by atoms with E-state index in [1.165, 1.54) is 24.3 Å². The van der Waals surface area contributed by atoms with Crippen molar-refractivity contribution in [3.63, 3.8) is 0 Å². The van der Waals surface area contributed by atoms with Gasteiger partial charge in [-0.15, -0.1) is 0 Å². The van der Waals surface area contributed by atoms with Crippen molar-refractivity contribution < 1.29 is 58.1 Å². The van der Waals surface area contributed by atoms with Gasteiger partial charge in [0.05, 0.1) is 45.3 Å². The zero-order valence-corrected chi connectivity index (χ0v) is 29.8. The molecule has 6 atom stereocenters. The highest BCUT2D eigenvalue weighted by Gasteiger charge is 2.37. The fraction of sp³-hybridized carbons (Fsp3) is 0.700. The number of rotatable bonds is 22. The summed E-state index contributed by atoms with van der Waals surface area (Å²) < 4.78 is 16.6. The van der Waals surface area contributed by atoms with E-state index >= 15 is 0 Å². The number of likely N-dealkylation sites (tertiary alicyclic amines) is 1. The number of nitrogens with one attached hydrogen (secondary N) is 5. The number of aromatic amines is 1. The van der Waals surface area contributed by atoms with Gasteiger partial charge in [-0.1, -0.05) is 20.8 Å². The zero-order valence-electron chi connectivity index (χ0n) is 28.9. The molecule has 6 amide bonds. The third-order valence-electron chi connectivity index (χ3n) is 8.04. The van der Waals surface area contributed by atoms with Crippen LogP contribution < -0.4 is 27.0 Å². The van der Waals surface area contributed by atoms with Crippen molar-refractivity contribution in [2.24, 2.45) is 17.6 Å². The SMILES string of the molecule is CC(C)C[C@H](NC(=O)[C@@H]1CCCN1C(=O)CCOCCO)C(=O)N[C@@H](Cc1cnc[nH]1)C(=O)N[C@@H](CO)C(=O)N[C@H](C(N)=O)[C@@H](C)CP(=O)(O)O. The highest BCUT2D eigenvalue weighted by molar-refractivity contribution is 7.51. The topological polar surface area (TPSA) is 316 Å². The monoisotopic (exact) mass is 746 g/mol. The molecular weight excluding hydrogens is 695 g/mol. The van der Waals surface area contributed by atoms with Gasteiger partial charge in [0.25, 0.3) is 0 Å². The lowest BCUT2D eigenvalue weighted by Gasteiger charge is -2.29. The van der Waals surface area contributed by atoms with Crippen LogP contribution in [0.25, 0.3) is 0 Å². The number of nitrogens with zero attached hydrogens (tertiary/aromatic N) is 2. The van der Waals surface area contributed by atoms with Gasteiger partial charge in [-0.25, -0.2) is 4.98 Å². The first kappa shape index (κ1) is 43.2. The number of H-pyrrole nitrogens is 1.